The number of aromatic nitrogens is 4. The van der Waals surface area contributed by atoms with Gasteiger partial charge in [-0.1, -0.05) is 18.2 Å². The molecule has 0 saturated carbocycles. The molecule has 2 heterocycles. The lowest BCUT2D eigenvalue weighted by molar-refractivity contribution is 0.405. The van der Waals surface area contributed by atoms with Gasteiger partial charge < -0.3 is 20.1 Å². The van der Waals surface area contributed by atoms with Crippen LogP contribution >= 0.6 is 0 Å². The lowest BCUT2D eigenvalue weighted by Crippen LogP contribution is -2.04. The van der Waals surface area contributed by atoms with Crippen LogP contribution in [0.15, 0.2) is 60.9 Å². The van der Waals surface area contributed by atoms with Crippen molar-refractivity contribution in [3.8, 4) is 11.5 Å². The maximum absolute atomic E-state index is 5.37. The van der Waals surface area contributed by atoms with Crippen molar-refractivity contribution in [2.45, 2.75) is 0 Å². The fourth-order valence-corrected chi connectivity index (χ4v) is 2.79. The van der Waals surface area contributed by atoms with Gasteiger partial charge in [-0.2, -0.15) is 10.1 Å². The molecule has 8 nitrogen and oxygen atoms in total. The summed E-state index contributed by atoms with van der Waals surface area (Å²) >= 11 is 0. The number of fused-ring (bicyclic) bond motifs is 1. The SMILES string of the molecule is COc1ccc(OC)c(Nc2nncc(Nc3cccc4cccnc34)n2)c1. The molecule has 2 aromatic carbocycles. The summed E-state index contributed by atoms with van der Waals surface area (Å²) in [6.45, 7) is 0. The van der Waals surface area contributed by atoms with Crippen LogP contribution in [0.1, 0.15) is 0 Å². The third-order valence-corrected chi connectivity index (χ3v) is 4.11. The monoisotopic (exact) mass is 374 g/mol. The highest BCUT2D eigenvalue weighted by Crippen LogP contribution is 2.31. The Hall–Kier alpha value is -3.94. The second-order valence-corrected chi connectivity index (χ2v) is 5.86. The molecule has 2 aromatic heterocycles. The lowest BCUT2D eigenvalue weighted by Gasteiger charge is -2.12. The molecule has 0 spiro atoms. The fourth-order valence-electron chi connectivity index (χ4n) is 2.79. The van der Waals surface area contributed by atoms with Crippen LogP contribution in [0.4, 0.5) is 23.1 Å². The molecule has 4 rings (SSSR count). The van der Waals surface area contributed by atoms with E-state index in [1.165, 1.54) is 0 Å². The molecule has 4 aromatic rings. The van der Waals surface area contributed by atoms with Crippen LogP contribution in [-0.2, 0) is 0 Å². The van der Waals surface area contributed by atoms with Crippen molar-refractivity contribution in [1.82, 2.24) is 20.2 Å². The summed E-state index contributed by atoms with van der Waals surface area (Å²) in [5.41, 5.74) is 2.36. The summed E-state index contributed by atoms with van der Waals surface area (Å²) in [6.07, 6.45) is 3.31. The molecule has 140 valence electrons. The molecule has 2 N–H and O–H groups in total. The molecule has 0 aliphatic carbocycles. The fraction of sp³-hybridized carbons (Fsp3) is 0.100. The van der Waals surface area contributed by atoms with E-state index in [-0.39, 0.29) is 0 Å². The molecule has 0 amide bonds. The molecule has 0 bridgehead atoms. The van der Waals surface area contributed by atoms with Gasteiger partial charge in [0.05, 0.1) is 37.3 Å². The van der Waals surface area contributed by atoms with E-state index in [1.807, 2.05) is 36.4 Å². The van der Waals surface area contributed by atoms with Gasteiger partial charge in [-0.3, -0.25) is 4.98 Å². The number of pyridine rings is 1. The van der Waals surface area contributed by atoms with Crippen LogP contribution in [0.25, 0.3) is 10.9 Å². The van der Waals surface area contributed by atoms with E-state index in [0.717, 1.165) is 16.6 Å². The van der Waals surface area contributed by atoms with E-state index in [4.69, 9.17) is 9.47 Å². The molecular formula is C20H18N6O2. The second kappa shape index (κ2) is 7.75. The zero-order valence-electron chi connectivity index (χ0n) is 15.4. The van der Waals surface area contributed by atoms with Crippen molar-refractivity contribution in [2.24, 2.45) is 0 Å². The topological polar surface area (TPSA) is 94.1 Å². The highest BCUT2D eigenvalue weighted by atomic mass is 16.5. The third-order valence-electron chi connectivity index (χ3n) is 4.11. The van der Waals surface area contributed by atoms with Crippen molar-refractivity contribution in [2.75, 3.05) is 24.9 Å². The predicted octanol–water partition coefficient (Wildman–Crippen LogP) is 3.92. The minimum absolute atomic E-state index is 0.324. The van der Waals surface area contributed by atoms with Gasteiger partial charge in [-0.05, 0) is 24.3 Å². The quantitative estimate of drug-likeness (QED) is 0.524. The standard InChI is InChI=1S/C20H18N6O2/c1-27-14-8-9-17(28-2)16(11-14)24-20-25-18(12-22-26-20)23-15-7-3-5-13-6-4-10-21-19(13)15/h3-12H,1-2H3,(H2,23,24,25,26). The number of nitrogens with zero attached hydrogens (tertiary/aromatic N) is 4. The summed E-state index contributed by atoms with van der Waals surface area (Å²) in [4.78, 5) is 8.92. The molecule has 0 aliphatic heterocycles. The smallest absolute Gasteiger partial charge is 0.249 e. The van der Waals surface area contributed by atoms with Crippen LogP contribution < -0.4 is 20.1 Å². The van der Waals surface area contributed by atoms with E-state index in [1.54, 1.807) is 38.7 Å². The maximum atomic E-state index is 5.37. The van der Waals surface area contributed by atoms with Crippen molar-refractivity contribution in [3.63, 3.8) is 0 Å². The molecule has 0 saturated heterocycles. The van der Waals surface area contributed by atoms with E-state index in [2.05, 4.69) is 30.8 Å². The molecule has 0 unspecified atom stereocenters. The number of nitrogens with one attached hydrogen (secondary N) is 2. The molecule has 28 heavy (non-hydrogen) atoms. The van der Waals surface area contributed by atoms with E-state index < -0.39 is 0 Å². The molecule has 0 fully saturated rings. The minimum atomic E-state index is 0.324. The molecule has 0 aliphatic rings. The van der Waals surface area contributed by atoms with Gasteiger partial charge in [0, 0.05) is 17.6 Å². The normalized spacial score (nSPS) is 10.5. The molecule has 8 heteroatoms. The van der Waals surface area contributed by atoms with Crippen molar-refractivity contribution in [1.29, 1.82) is 0 Å². The van der Waals surface area contributed by atoms with Gasteiger partial charge in [0.25, 0.3) is 0 Å². The van der Waals surface area contributed by atoms with Crippen LogP contribution in [0.2, 0.25) is 0 Å². The van der Waals surface area contributed by atoms with Crippen molar-refractivity contribution >= 4 is 34.0 Å². The Morgan fingerprint density at radius 1 is 0.893 bits per heavy atom. The van der Waals surface area contributed by atoms with Crippen molar-refractivity contribution in [3.05, 3.63) is 60.9 Å². The number of hydrogen-bond acceptors (Lipinski definition) is 8. The molecule has 0 radical (unpaired) electrons. The number of methoxy groups -OCH3 is 2. The second-order valence-electron chi connectivity index (χ2n) is 5.86. The minimum Gasteiger partial charge on any atom is -0.497 e. The van der Waals surface area contributed by atoms with Gasteiger partial charge >= 0.3 is 0 Å². The van der Waals surface area contributed by atoms with Gasteiger partial charge in [-0.15, -0.1) is 5.10 Å². The first kappa shape index (κ1) is 17.5. The predicted molar refractivity (Wildman–Crippen MR) is 108 cm³/mol. The van der Waals surface area contributed by atoms with E-state index in [0.29, 0.717) is 29.0 Å². The Morgan fingerprint density at radius 2 is 1.79 bits per heavy atom. The molecular weight excluding hydrogens is 356 g/mol. The van der Waals surface area contributed by atoms with Crippen LogP contribution in [0.3, 0.4) is 0 Å². The summed E-state index contributed by atoms with van der Waals surface area (Å²) in [5, 5.41) is 15.5. The number of rotatable bonds is 6. The first-order valence-corrected chi connectivity index (χ1v) is 8.56. The first-order valence-electron chi connectivity index (χ1n) is 8.56. The zero-order chi connectivity index (χ0) is 19.3. The molecule has 0 atom stereocenters. The third kappa shape index (κ3) is 3.61. The number of hydrogen-bond donors (Lipinski definition) is 2. The number of para-hydroxylation sites is 1. The number of benzene rings is 2. The Bertz CT molecular complexity index is 1110. The van der Waals surface area contributed by atoms with Gasteiger partial charge in [0.1, 0.15) is 11.5 Å². The average molecular weight is 374 g/mol. The average Bonchev–Trinajstić information content (AvgIpc) is 2.74. The summed E-state index contributed by atoms with van der Waals surface area (Å²) < 4.78 is 10.6. The number of anilines is 4. The van der Waals surface area contributed by atoms with Crippen molar-refractivity contribution < 1.29 is 9.47 Å². The Labute approximate surface area is 161 Å². The Balaban J connectivity index is 1.62. The van der Waals surface area contributed by atoms with Gasteiger partial charge in [-0.25, -0.2) is 0 Å². The zero-order valence-corrected chi connectivity index (χ0v) is 15.4. The first-order chi connectivity index (χ1) is 13.8. The van der Waals surface area contributed by atoms with Crippen LogP contribution in [0, 0.1) is 0 Å². The Morgan fingerprint density at radius 3 is 2.64 bits per heavy atom. The summed E-state index contributed by atoms with van der Waals surface area (Å²) in [7, 11) is 3.20. The highest BCUT2D eigenvalue weighted by molar-refractivity contribution is 5.91. The highest BCUT2D eigenvalue weighted by Gasteiger charge is 2.09. The lowest BCUT2D eigenvalue weighted by atomic mass is 10.2. The van der Waals surface area contributed by atoms with Crippen LogP contribution in [-0.4, -0.2) is 34.4 Å². The Kier molecular flexibility index (Phi) is 4.83. The van der Waals surface area contributed by atoms with E-state index in [9.17, 15) is 0 Å². The van der Waals surface area contributed by atoms with Gasteiger partial charge in [0.15, 0.2) is 5.82 Å². The number of ether oxygens (including phenoxy) is 2. The summed E-state index contributed by atoms with van der Waals surface area (Å²) in [5.74, 6) is 2.19. The largest absolute Gasteiger partial charge is 0.497 e. The summed E-state index contributed by atoms with van der Waals surface area (Å²) in [6, 6.07) is 15.2. The van der Waals surface area contributed by atoms with E-state index >= 15 is 0 Å². The maximum Gasteiger partial charge on any atom is 0.249 e. The van der Waals surface area contributed by atoms with Crippen LogP contribution in [0.5, 0.6) is 11.5 Å². The van der Waals surface area contributed by atoms with Gasteiger partial charge in [0.2, 0.25) is 5.95 Å².